The summed E-state index contributed by atoms with van der Waals surface area (Å²) in [6.07, 6.45) is 4.62. The maximum atomic E-state index is 11.5. The number of hydrogen-bond acceptors (Lipinski definition) is 7. The van der Waals surface area contributed by atoms with Crippen LogP contribution in [0.3, 0.4) is 0 Å². The molecule has 4 rings (SSSR count). The summed E-state index contributed by atoms with van der Waals surface area (Å²) in [6.45, 7) is 1.76. The maximum Gasteiger partial charge on any atom is 0.258 e. The van der Waals surface area contributed by atoms with Gasteiger partial charge in [-0.3, -0.25) is 0 Å². The fourth-order valence-corrected chi connectivity index (χ4v) is 5.13. The average molecular weight is 463 g/mol. The van der Waals surface area contributed by atoms with Crippen LogP contribution in [-0.2, 0) is 15.8 Å². The number of hydrogen-bond donors (Lipinski definition) is 1. The van der Waals surface area contributed by atoms with Crippen molar-refractivity contribution in [3.8, 4) is 28.7 Å². The first-order chi connectivity index (χ1) is 14.7. The Labute approximate surface area is 185 Å². The molecule has 1 aliphatic carbocycles. The lowest BCUT2D eigenvalue weighted by Gasteiger charge is -2.11. The minimum atomic E-state index is -3.70. The van der Waals surface area contributed by atoms with Gasteiger partial charge < -0.3 is 9.26 Å². The third-order valence-electron chi connectivity index (χ3n) is 5.50. The Bertz CT molecular complexity index is 1200. The van der Waals surface area contributed by atoms with Crippen molar-refractivity contribution in [2.45, 2.75) is 44.3 Å². The van der Waals surface area contributed by atoms with Crippen molar-refractivity contribution < 1.29 is 17.7 Å². The van der Waals surface area contributed by atoms with E-state index in [4.69, 9.17) is 26.0 Å². The van der Waals surface area contributed by atoms with Crippen molar-refractivity contribution >= 4 is 21.6 Å². The first kappa shape index (κ1) is 21.7. The van der Waals surface area contributed by atoms with Gasteiger partial charge in [-0.05, 0) is 49.1 Å². The lowest BCUT2D eigenvalue weighted by atomic mass is 10.0. The van der Waals surface area contributed by atoms with E-state index in [1.807, 2.05) is 6.07 Å². The number of nitrogens with zero attached hydrogens (tertiary/aromatic N) is 3. The van der Waals surface area contributed by atoms with Gasteiger partial charge in [-0.25, -0.2) is 18.5 Å². The normalized spacial score (nSPS) is 14.8. The smallest absolute Gasteiger partial charge is 0.258 e. The molecule has 0 amide bonds. The van der Waals surface area contributed by atoms with Gasteiger partial charge in [0.15, 0.2) is 0 Å². The monoisotopic (exact) mass is 462 g/mol. The predicted molar refractivity (Wildman–Crippen MR) is 117 cm³/mol. The molecule has 0 unspecified atom stereocenters. The number of halogens is 1. The summed E-state index contributed by atoms with van der Waals surface area (Å²) in [6, 6.07) is 7.12. The zero-order valence-corrected chi connectivity index (χ0v) is 18.8. The summed E-state index contributed by atoms with van der Waals surface area (Å²) in [5.74, 6) is 1.27. The van der Waals surface area contributed by atoms with Gasteiger partial charge in [0, 0.05) is 33.8 Å². The van der Waals surface area contributed by atoms with Crippen LogP contribution >= 0.6 is 11.6 Å². The molecule has 0 spiro atoms. The molecule has 0 aliphatic heterocycles. The number of methoxy groups -OCH3 is 1. The molecule has 0 radical (unpaired) electrons. The minimum Gasteiger partial charge on any atom is -0.481 e. The van der Waals surface area contributed by atoms with Gasteiger partial charge in [0.05, 0.1) is 12.9 Å². The fourth-order valence-electron chi connectivity index (χ4n) is 3.93. The second-order valence-electron chi connectivity index (χ2n) is 7.79. The van der Waals surface area contributed by atoms with Gasteiger partial charge >= 0.3 is 0 Å². The summed E-state index contributed by atoms with van der Waals surface area (Å²) in [4.78, 5) is 9.12. The quantitative estimate of drug-likeness (QED) is 0.582. The van der Waals surface area contributed by atoms with E-state index in [1.54, 1.807) is 32.2 Å². The van der Waals surface area contributed by atoms with Crippen LogP contribution in [0.1, 0.15) is 48.4 Å². The number of benzene rings is 1. The fraction of sp³-hybridized carbons (Fsp3) is 0.381. The lowest BCUT2D eigenvalue weighted by molar-refractivity contribution is 0.394. The topological polar surface area (TPSA) is 121 Å². The van der Waals surface area contributed by atoms with E-state index < -0.39 is 10.0 Å². The number of rotatable bonds is 6. The number of sulfonamides is 1. The summed E-state index contributed by atoms with van der Waals surface area (Å²) in [7, 11) is -2.12. The first-order valence-electron chi connectivity index (χ1n) is 9.93. The maximum absolute atomic E-state index is 11.5. The molecule has 1 saturated carbocycles. The van der Waals surface area contributed by atoms with Crippen molar-refractivity contribution in [2.24, 2.45) is 5.14 Å². The van der Waals surface area contributed by atoms with Crippen LogP contribution in [-0.4, -0.2) is 30.7 Å². The van der Waals surface area contributed by atoms with Crippen LogP contribution in [0.2, 0.25) is 5.02 Å². The molecular formula is C21H23ClN4O4S. The van der Waals surface area contributed by atoms with Gasteiger partial charge in [0.2, 0.25) is 21.7 Å². The summed E-state index contributed by atoms with van der Waals surface area (Å²) in [5, 5.41) is 9.53. The standard InChI is InChI=1S/C21H23ClN4O4S/c1-12-7-14(8-17(22)16(12)11-31(23,27)28)20-25-21(30-26-20)15-9-18(13-5-3-4-6-13)24-19(10-15)29-2/h7-10,13H,3-6,11H2,1-2H3,(H2,23,27,28). The molecule has 0 bridgehead atoms. The molecule has 2 aromatic heterocycles. The Morgan fingerprint density at radius 3 is 2.55 bits per heavy atom. The van der Waals surface area contributed by atoms with Crippen LogP contribution in [0, 0.1) is 6.92 Å². The van der Waals surface area contributed by atoms with Crippen molar-refractivity contribution in [1.29, 1.82) is 0 Å². The number of pyridine rings is 1. The van der Waals surface area contributed by atoms with Crippen LogP contribution in [0.25, 0.3) is 22.8 Å². The van der Waals surface area contributed by atoms with Crippen LogP contribution < -0.4 is 9.88 Å². The molecule has 1 fully saturated rings. The Balaban J connectivity index is 1.68. The number of primary sulfonamides is 1. The van der Waals surface area contributed by atoms with Gasteiger partial charge in [-0.2, -0.15) is 4.98 Å². The highest BCUT2D eigenvalue weighted by Crippen LogP contribution is 2.36. The van der Waals surface area contributed by atoms with E-state index in [2.05, 4.69) is 15.1 Å². The SMILES string of the molecule is COc1cc(-c2nc(-c3cc(C)c(CS(N)(=O)=O)c(Cl)c3)no2)cc(C2CCCC2)n1. The van der Waals surface area contributed by atoms with Gasteiger partial charge in [-0.15, -0.1) is 0 Å². The van der Waals surface area contributed by atoms with Gasteiger partial charge in [0.1, 0.15) is 0 Å². The lowest BCUT2D eigenvalue weighted by Crippen LogP contribution is -2.15. The van der Waals surface area contributed by atoms with Gasteiger partial charge in [-0.1, -0.05) is 29.6 Å². The molecule has 1 aromatic carbocycles. The highest BCUT2D eigenvalue weighted by molar-refractivity contribution is 7.88. The molecule has 2 N–H and O–H groups in total. The Kier molecular flexibility index (Phi) is 6.00. The molecule has 2 heterocycles. The molecular weight excluding hydrogens is 440 g/mol. The second-order valence-corrected chi connectivity index (χ2v) is 9.81. The van der Waals surface area contributed by atoms with Crippen molar-refractivity contribution in [1.82, 2.24) is 15.1 Å². The Morgan fingerprint density at radius 1 is 1.16 bits per heavy atom. The first-order valence-corrected chi connectivity index (χ1v) is 12.0. The van der Waals surface area contributed by atoms with Crippen molar-refractivity contribution in [3.05, 3.63) is 46.1 Å². The molecule has 10 heteroatoms. The largest absolute Gasteiger partial charge is 0.481 e. The van der Waals surface area contributed by atoms with E-state index >= 15 is 0 Å². The summed E-state index contributed by atoms with van der Waals surface area (Å²) in [5.41, 5.74) is 3.46. The third-order valence-corrected chi connectivity index (χ3v) is 6.53. The molecule has 0 saturated heterocycles. The molecule has 3 aromatic rings. The summed E-state index contributed by atoms with van der Waals surface area (Å²) >= 11 is 6.32. The zero-order valence-electron chi connectivity index (χ0n) is 17.3. The van der Waals surface area contributed by atoms with E-state index in [0.717, 1.165) is 24.1 Å². The molecule has 0 atom stereocenters. The Hall–Kier alpha value is -2.49. The number of nitrogens with two attached hydrogens (primary N) is 1. The van der Waals surface area contributed by atoms with E-state index in [1.165, 1.54) is 12.8 Å². The number of aryl methyl sites for hydroxylation is 1. The van der Waals surface area contributed by atoms with Gasteiger partial charge in [0.25, 0.3) is 5.89 Å². The van der Waals surface area contributed by atoms with E-state index in [0.29, 0.717) is 40.2 Å². The van der Waals surface area contributed by atoms with E-state index in [-0.39, 0.29) is 10.8 Å². The number of ether oxygens (including phenoxy) is 1. The van der Waals surface area contributed by atoms with Crippen LogP contribution in [0.5, 0.6) is 5.88 Å². The van der Waals surface area contributed by atoms with Crippen molar-refractivity contribution in [2.75, 3.05) is 7.11 Å². The Morgan fingerprint density at radius 2 is 1.90 bits per heavy atom. The minimum absolute atomic E-state index is 0.282. The van der Waals surface area contributed by atoms with Crippen molar-refractivity contribution in [3.63, 3.8) is 0 Å². The highest BCUT2D eigenvalue weighted by Gasteiger charge is 2.22. The number of aromatic nitrogens is 3. The third kappa shape index (κ3) is 4.89. The zero-order chi connectivity index (χ0) is 22.2. The molecule has 164 valence electrons. The highest BCUT2D eigenvalue weighted by atomic mass is 35.5. The van der Waals surface area contributed by atoms with Crippen LogP contribution in [0.4, 0.5) is 0 Å². The predicted octanol–water partition coefficient (Wildman–Crippen LogP) is 4.22. The van der Waals surface area contributed by atoms with Crippen LogP contribution in [0.15, 0.2) is 28.8 Å². The van der Waals surface area contributed by atoms with E-state index in [9.17, 15) is 8.42 Å². The average Bonchev–Trinajstić information content (AvgIpc) is 3.41. The molecule has 31 heavy (non-hydrogen) atoms. The second kappa shape index (κ2) is 8.57. The molecule has 1 aliphatic rings. The summed E-state index contributed by atoms with van der Waals surface area (Å²) < 4.78 is 33.8. The molecule has 8 nitrogen and oxygen atoms in total.